The van der Waals surface area contributed by atoms with Crippen LogP contribution < -0.4 is 14.2 Å². The molecule has 0 saturated heterocycles. The van der Waals surface area contributed by atoms with Crippen LogP contribution in [0, 0.1) is 0 Å². The van der Waals surface area contributed by atoms with Gasteiger partial charge in [0.2, 0.25) is 5.75 Å². The first-order valence-corrected chi connectivity index (χ1v) is 9.16. The Morgan fingerprint density at radius 3 is 2.30 bits per heavy atom. The van der Waals surface area contributed by atoms with E-state index in [9.17, 15) is 0 Å². The van der Waals surface area contributed by atoms with Crippen molar-refractivity contribution in [2.45, 2.75) is 9.79 Å². The first-order chi connectivity index (χ1) is 13.2. The summed E-state index contributed by atoms with van der Waals surface area (Å²) in [5, 5.41) is 1.15. The van der Waals surface area contributed by atoms with Gasteiger partial charge in [0.05, 0.1) is 33.9 Å². The summed E-state index contributed by atoms with van der Waals surface area (Å²) in [5.74, 6) is 1.87. The number of rotatable bonds is 6. The van der Waals surface area contributed by atoms with Crippen LogP contribution in [-0.4, -0.2) is 26.3 Å². The Kier molecular flexibility index (Phi) is 4.73. The highest BCUT2D eigenvalue weighted by Crippen LogP contribution is 2.44. The van der Waals surface area contributed by atoms with Crippen LogP contribution in [0.2, 0.25) is 0 Å². The molecule has 138 valence electrons. The molecule has 0 fully saturated rings. The van der Waals surface area contributed by atoms with Crippen molar-refractivity contribution in [2.24, 2.45) is 0 Å². The molecule has 0 aliphatic carbocycles. The number of hydrogen-bond donors (Lipinski definition) is 1. The fourth-order valence-electron chi connectivity index (χ4n) is 3.04. The maximum Gasteiger partial charge on any atom is 0.203 e. The molecule has 0 unspecified atom stereocenters. The zero-order valence-electron chi connectivity index (χ0n) is 15.2. The lowest BCUT2D eigenvalue weighted by atomic mass is 10.1. The number of H-pyrrole nitrogens is 1. The topological polar surface area (TPSA) is 56.6 Å². The van der Waals surface area contributed by atoms with Crippen molar-refractivity contribution < 1.29 is 18.6 Å². The minimum absolute atomic E-state index is 0.591. The van der Waals surface area contributed by atoms with Crippen molar-refractivity contribution in [1.82, 2.24) is 4.98 Å². The smallest absolute Gasteiger partial charge is 0.203 e. The zero-order chi connectivity index (χ0) is 18.8. The van der Waals surface area contributed by atoms with Gasteiger partial charge in [-0.05, 0) is 29.8 Å². The quantitative estimate of drug-likeness (QED) is 0.471. The summed E-state index contributed by atoms with van der Waals surface area (Å²) < 4.78 is 21.5. The summed E-state index contributed by atoms with van der Waals surface area (Å²) in [6, 6.07) is 12.2. The maximum atomic E-state index is 5.45. The van der Waals surface area contributed by atoms with Crippen LogP contribution in [0.4, 0.5) is 0 Å². The molecule has 5 nitrogen and oxygen atoms in total. The molecule has 2 heterocycles. The van der Waals surface area contributed by atoms with Gasteiger partial charge in [-0.2, -0.15) is 0 Å². The van der Waals surface area contributed by atoms with Crippen LogP contribution in [0.25, 0.3) is 22.0 Å². The summed E-state index contributed by atoms with van der Waals surface area (Å²) >= 11 is 1.64. The average molecular weight is 381 g/mol. The molecule has 0 aliphatic rings. The average Bonchev–Trinajstić information content (AvgIpc) is 3.37. The number of furan rings is 1. The minimum Gasteiger partial charge on any atom is -0.493 e. The van der Waals surface area contributed by atoms with E-state index in [0.717, 1.165) is 31.8 Å². The molecule has 0 spiro atoms. The molecule has 0 saturated carbocycles. The summed E-state index contributed by atoms with van der Waals surface area (Å²) in [4.78, 5) is 5.48. The van der Waals surface area contributed by atoms with Crippen molar-refractivity contribution in [2.75, 3.05) is 21.3 Å². The number of hydrogen-bond acceptors (Lipinski definition) is 5. The number of methoxy groups -OCH3 is 3. The third-order valence-electron chi connectivity index (χ3n) is 4.36. The Morgan fingerprint density at radius 2 is 1.67 bits per heavy atom. The Labute approximate surface area is 161 Å². The molecule has 6 heteroatoms. The number of fused-ring (bicyclic) bond motifs is 1. The zero-order valence-corrected chi connectivity index (χ0v) is 16.1. The molecule has 0 amide bonds. The fraction of sp³-hybridized carbons (Fsp3) is 0.143. The third kappa shape index (κ3) is 3.24. The maximum absolute atomic E-state index is 5.45. The second-order valence-corrected chi connectivity index (χ2v) is 7.00. The molecule has 2 aromatic carbocycles. The van der Waals surface area contributed by atoms with Gasteiger partial charge in [0.1, 0.15) is 0 Å². The molecule has 1 N–H and O–H groups in total. The van der Waals surface area contributed by atoms with E-state index in [1.54, 1.807) is 45.6 Å². The number of ether oxygens (including phenoxy) is 3. The predicted octanol–water partition coefficient (Wildman–Crippen LogP) is 5.60. The van der Waals surface area contributed by atoms with Gasteiger partial charge in [-0.3, -0.25) is 0 Å². The number of benzene rings is 2. The largest absolute Gasteiger partial charge is 0.493 e. The van der Waals surface area contributed by atoms with Gasteiger partial charge in [0, 0.05) is 32.5 Å². The molecule has 0 aliphatic heterocycles. The molecule has 2 aromatic heterocycles. The SMILES string of the molecule is COc1cc(Sc2c[nH]c3cc(-c4ccoc4)ccc23)cc(OC)c1OC. The van der Waals surface area contributed by atoms with Crippen molar-refractivity contribution >= 4 is 22.7 Å². The monoisotopic (exact) mass is 381 g/mol. The van der Waals surface area contributed by atoms with E-state index in [1.165, 1.54) is 0 Å². The van der Waals surface area contributed by atoms with Crippen LogP contribution in [0.5, 0.6) is 17.2 Å². The Bertz CT molecular complexity index is 1040. The van der Waals surface area contributed by atoms with Gasteiger partial charge in [0.25, 0.3) is 0 Å². The highest BCUT2D eigenvalue weighted by atomic mass is 32.2. The van der Waals surface area contributed by atoms with Gasteiger partial charge in [-0.15, -0.1) is 0 Å². The molecule has 4 rings (SSSR count). The van der Waals surface area contributed by atoms with Gasteiger partial charge >= 0.3 is 0 Å². The Hall–Kier alpha value is -2.99. The van der Waals surface area contributed by atoms with E-state index in [4.69, 9.17) is 18.6 Å². The third-order valence-corrected chi connectivity index (χ3v) is 5.39. The Morgan fingerprint density at radius 1 is 0.889 bits per heavy atom. The number of aromatic nitrogens is 1. The van der Waals surface area contributed by atoms with E-state index in [1.807, 2.05) is 24.4 Å². The van der Waals surface area contributed by atoms with E-state index < -0.39 is 0 Å². The van der Waals surface area contributed by atoms with Crippen molar-refractivity contribution in [3.63, 3.8) is 0 Å². The number of nitrogens with one attached hydrogen (secondary N) is 1. The normalized spacial score (nSPS) is 10.9. The number of aromatic amines is 1. The molecular weight excluding hydrogens is 362 g/mol. The van der Waals surface area contributed by atoms with Gasteiger partial charge in [-0.25, -0.2) is 0 Å². The Balaban J connectivity index is 1.69. The van der Waals surface area contributed by atoms with E-state index >= 15 is 0 Å². The summed E-state index contributed by atoms with van der Waals surface area (Å²) in [6.07, 6.45) is 5.44. The van der Waals surface area contributed by atoms with Crippen LogP contribution in [0.3, 0.4) is 0 Å². The second-order valence-electron chi connectivity index (χ2n) is 5.89. The van der Waals surface area contributed by atoms with Gasteiger partial charge < -0.3 is 23.6 Å². The van der Waals surface area contributed by atoms with Gasteiger partial charge in [0.15, 0.2) is 11.5 Å². The summed E-state index contributed by atoms with van der Waals surface area (Å²) in [6.45, 7) is 0. The lowest BCUT2D eigenvalue weighted by Crippen LogP contribution is -1.95. The molecule has 0 bridgehead atoms. The molecular formula is C21H19NO4S. The van der Waals surface area contributed by atoms with E-state index in [-0.39, 0.29) is 0 Å². The lowest BCUT2D eigenvalue weighted by molar-refractivity contribution is 0.323. The molecule has 4 aromatic rings. The second kappa shape index (κ2) is 7.32. The first-order valence-electron chi connectivity index (χ1n) is 8.35. The minimum atomic E-state index is 0.591. The fourth-order valence-corrected chi connectivity index (χ4v) is 4.03. The standard InChI is InChI=1S/C21H19NO4S/c1-23-18-9-15(10-19(24-2)21(18)25-3)27-20-11-22-17-8-13(4-5-16(17)20)14-6-7-26-12-14/h4-12,22H,1-3H3. The summed E-state index contributed by atoms with van der Waals surface area (Å²) in [5.41, 5.74) is 3.25. The van der Waals surface area contributed by atoms with Crippen molar-refractivity contribution in [3.8, 4) is 28.4 Å². The highest BCUT2D eigenvalue weighted by Gasteiger charge is 2.15. The lowest BCUT2D eigenvalue weighted by Gasteiger charge is -2.13. The van der Waals surface area contributed by atoms with Crippen LogP contribution in [-0.2, 0) is 0 Å². The molecule has 0 radical (unpaired) electrons. The predicted molar refractivity (Wildman–Crippen MR) is 106 cm³/mol. The first kappa shape index (κ1) is 17.4. The summed E-state index contributed by atoms with van der Waals surface area (Å²) in [7, 11) is 4.84. The van der Waals surface area contributed by atoms with Crippen LogP contribution in [0.15, 0.2) is 69.3 Å². The molecule has 0 atom stereocenters. The highest BCUT2D eigenvalue weighted by molar-refractivity contribution is 7.99. The van der Waals surface area contributed by atoms with E-state index in [2.05, 4.69) is 23.2 Å². The molecule has 27 heavy (non-hydrogen) atoms. The van der Waals surface area contributed by atoms with E-state index in [0.29, 0.717) is 17.2 Å². The van der Waals surface area contributed by atoms with Crippen LogP contribution in [0.1, 0.15) is 0 Å². The van der Waals surface area contributed by atoms with Crippen molar-refractivity contribution in [3.05, 3.63) is 55.1 Å². The van der Waals surface area contributed by atoms with Crippen LogP contribution >= 0.6 is 11.8 Å². The van der Waals surface area contributed by atoms with Gasteiger partial charge in [-0.1, -0.05) is 23.9 Å². The van der Waals surface area contributed by atoms with Crippen molar-refractivity contribution in [1.29, 1.82) is 0 Å².